The molecule has 3 aromatic rings. The number of nitrogens with one attached hydrogen (secondary N) is 2. The first kappa shape index (κ1) is 29.0. The fourth-order valence-electron chi connectivity index (χ4n) is 5.93. The zero-order valence-corrected chi connectivity index (χ0v) is 24.5. The van der Waals surface area contributed by atoms with Gasteiger partial charge in [-0.15, -0.1) is 0 Å². The number of nitrogens with zero attached hydrogens (tertiary/aromatic N) is 2. The highest BCUT2D eigenvalue weighted by molar-refractivity contribution is 5.99. The Hall–Kier alpha value is -3.48. The largest absolute Gasteiger partial charge is 0.351 e. The fourth-order valence-corrected chi connectivity index (χ4v) is 5.93. The summed E-state index contributed by atoms with van der Waals surface area (Å²) >= 11 is 0. The summed E-state index contributed by atoms with van der Waals surface area (Å²) in [5.74, 6) is 0.485. The molecule has 2 N–H and O–H groups in total. The maximum absolute atomic E-state index is 13.9. The van der Waals surface area contributed by atoms with Gasteiger partial charge in [0.2, 0.25) is 11.8 Å². The maximum atomic E-state index is 13.9. The van der Waals surface area contributed by atoms with Crippen LogP contribution in [0.2, 0.25) is 0 Å². The van der Waals surface area contributed by atoms with Crippen molar-refractivity contribution in [3.8, 4) is 0 Å². The number of carbonyl (C=O) groups excluding carboxylic acids is 2. The van der Waals surface area contributed by atoms with E-state index in [0.29, 0.717) is 19.0 Å². The molecule has 2 amide bonds. The van der Waals surface area contributed by atoms with Crippen molar-refractivity contribution < 1.29 is 9.59 Å². The highest BCUT2D eigenvalue weighted by Gasteiger charge is 2.32. The average Bonchev–Trinajstić information content (AvgIpc) is 3.16. The number of fused-ring (bicyclic) bond motifs is 1. The van der Waals surface area contributed by atoms with Gasteiger partial charge in [0.05, 0.1) is 6.04 Å². The zero-order chi connectivity index (χ0) is 28.6. The molecule has 41 heavy (non-hydrogen) atoms. The van der Waals surface area contributed by atoms with Gasteiger partial charge in [-0.2, -0.15) is 0 Å². The van der Waals surface area contributed by atoms with Gasteiger partial charge < -0.3 is 20.4 Å². The normalized spacial score (nSPS) is 20.6. The molecule has 2 aliphatic rings. The number of carbonyl (C=O) groups is 2. The van der Waals surface area contributed by atoms with Crippen LogP contribution in [0.1, 0.15) is 63.0 Å². The molecule has 2 aliphatic heterocycles. The third kappa shape index (κ3) is 7.84. The van der Waals surface area contributed by atoms with Crippen molar-refractivity contribution in [3.05, 3.63) is 83.9 Å². The molecular formula is C35H44N4O2. The molecule has 2 atom stereocenters. The quantitative estimate of drug-likeness (QED) is 0.333. The zero-order valence-electron chi connectivity index (χ0n) is 24.5. The summed E-state index contributed by atoms with van der Waals surface area (Å²) in [6.07, 6.45) is 8.75. The molecular weight excluding hydrogens is 508 g/mol. The molecule has 0 unspecified atom stereocenters. The average molecular weight is 553 g/mol. The van der Waals surface area contributed by atoms with Crippen molar-refractivity contribution in [3.63, 3.8) is 0 Å². The van der Waals surface area contributed by atoms with Gasteiger partial charge >= 0.3 is 0 Å². The molecule has 6 heteroatoms. The molecule has 0 bridgehead atoms. The van der Waals surface area contributed by atoms with E-state index in [9.17, 15) is 9.59 Å². The summed E-state index contributed by atoms with van der Waals surface area (Å²) in [7, 11) is 0. The molecule has 2 fully saturated rings. The lowest BCUT2D eigenvalue weighted by Gasteiger charge is -2.30. The standard InChI is InChI=1S/C35H44N4O2/c1-26(2)28-13-10-27(11-14-28)12-17-34(40)36-25-31-18-23-39(32-16-15-29-8-4-5-9-30(29)24-32)35(41)33(37-31)19-22-38-20-6-3-7-21-38/h4-5,8-17,24,26,31,33,37H,3,6-7,18-23,25H2,1-2H3,(H,36,40)/b17-12+/t31-,33-/m1/s1. The molecule has 6 nitrogen and oxygen atoms in total. The van der Waals surface area contributed by atoms with E-state index in [1.165, 1.54) is 30.2 Å². The molecule has 0 spiro atoms. The summed E-state index contributed by atoms with van der Waals surface area (Å²) in [4.78, 5) is 31.0. The van der Waals surface area contributed by atoms with E-state index in [0.717, 1.165) is 49.1 Å². The van der Waals surface area contributed by atoms with Crippen LogP contribution < -0.4 is 15.5 Å². The number of hydrogen-bond donors (Lipinski definition) is 2. The monoisotopic (exact) mass is 552 g/mol. The molecule has 2 heterocycles. The number of amides is 2. The fraction of sp³-hybridized carbons (Fsp3) is 0.429. The van der Waals surface area contributed by atoms with Crippen LogP contribution in [0.5, 0.6) is 0 Å². The Morgan fingerprint density at radius 2 is 1.73 bits per heavy atom. The van der Waals surface area contributed by atoms with E-state index in [1.54, 1.807) is 6.08 Å². The number of benzene rings is 3. The summed E-state index contributed by atoms with van der Waals surface area (Å²) in [6, 6.07) is 22.6. The Balaban J connectivity index is 1.25. The molecule has 0 saturated carbocycles. The first-order valence-electron chi connectivity index (χ1n) is 15.3. The minimum absolute atomic E-state index is 0.0124. The van der Waals surface area contributed by atoms with Crippen molar-refractivity contribution in [1.29, 1.82) is 0 Å². The van der Waals surface area contributed by atoms with Crippen LogP contribution in [0.15, 0.2) is 72.8 Å². The molecule has 5 rings (SSSR count). The van der Waals surface area contributed by atoms with Gasteiger partial charge in [0.15, 0.2) is 0 Å². The SMILES string of the molecule is CC(C)c1ccc(/C=C/C(=O)NC[C@H]2CCN(c3ccc4ccccc4c3)C(=O)[C@@H](CCN3CCCCC3)N2)cc1. The number of hydrogen-bond acceptors (Lipinski definition) is 4. The molecule has 3 aromatic carbocycles. The lowest BCUT2D eigenvalue weighted by Crippen LogP contribution is -2.50. The predicted octanol–water partition coefficient (Wildman–Crippen LogP) is 5.73. The molecule has 2 saturated heterocycles. The second-order valence-corrected chi connectivity index (χ2v) is 11.8. The van der Waals surface area contributed by atoms with Gasteiger partial charge in [0.1, 0.15) is 0 Å². The number of anilines is 1. The lowest BCUT2D eigenvalue weighted by atomic mass is 10.0. The van der Waals surface area contributed by atoms with Crippen LogP contribution in [-0.2, 0) is 9.59 Å². The van der Waals surface area contributed by atoms with Gasteiger partial charge in [-0.3, -0.25) is 9.59 Å². The highest BCUT2D eigenvalue weighted by atomic mass is 16.2. The summed E-state index contributed by atoms with van der Waals surface area (Å²) in [6.45, 7) is 8.58. The van der Waals surface area contributed by atoms with Gasteiger partial charge in [-0.05, 0) is 84.8 Å². The molecule has 0 aromatic heterocycles. The Labute approximate surface area is 244 Å². The third-order valence-electron chi connectivity index (χ3n) is 8.48. The van der Waals surface area contributed by atoms with E-state index in [1.807, 2.05) is 35.2 Å². The second-order valence-electron chi connectivity index (χ2n) is 11.8. The van der Waals surface area contributed by atoms with Gasteiger partial charge in [-0.1, -0.05) is 74.9 Å². The predicted molar refractivity (Wildman–Crippen MR) is 169 cm³/mol. The number of likely N-dealkylation sites (tertiary alicyclic amines) is 1. The summed E-state index contributed by atoms with van der Waals surface area (Å²) in [5.41, 5.74) is 3.23. The number of piperidine rings is 1. The Morgan fingerprint density at radius 1 is 0.976 bits per heavy atom. The summed E-state index contributed by atoms with van der Waals surface area (Å²) in [5, 5.41) is 9.01. The van der Waals surface area contributed by atoms with E-state index in [4.69, 9.17) is 0 Å². The van der Waals surface area contributed by atoms with Crippen molar-refractivity contribution in [2.75, 3.05) is 37.6 Å². The summed E-state index contributed by atoms with van der Waals surface area (Å²) < 4.78 is 0. The second kappa shape index (κ2) is 13.9. The van der Waals surface area contributed by atoms with Crippen LogP contribution in [0.25, 0.3) is 16.8 Å². The van der Waals surface area contributed by atoms with Crippen LogP contribution in [0, 0.1) is 0 Å². The minimum Gasteiger partial charge on any atom is -0.351 e. The minimum atomic E-state index is -0.289. The van der Waals surface area contributed by atoms with Crippen LogP contribution in [0.4, 0.5) is 5.69 Å². The van der Waals surface area contributed by atoms with Crippen LogP contribution in [0.3, 0.4) is 0 Å². The van der Waals surface area contributed by atoms with Crippen molar-refractivity contribution in [1.82, 2.24) is 15.5 Å². The van der Waals surface area contributed by atoms with E-state index >= 15 is 0 Å². The number of rotatable bonds is 9. The highest BCUT2D eigenvalue weighted by Crippen LogP contribution is 2.25. The smallest absolute Gasteiger partial charge is 0.244 e. The Bertz CT molecular complexity index is 1340. The molecule has 216 valence electrons. The van der Waals surface area contributed by atoms with Crippen molar-refractivity contribution in [2.24, 2.45) is 0 Å². The lowest BCUT2D eigenvalue weighted by molar-refractivity contribution is -0.120. The van der Waals surface area contributed by atoms with Gasteiger partial charge in [0, 0.05) is 37.4 Å². The molecule has 0 aliphatic carbocycles. The first-order valence-corrected chi connectivity index (χ1v) is 15.3. The van der Waals surface area contributed by atoms with Crippen LogP contribution in [-0.4, -0.2) is 61.5 Å². The van der Waals surface area contributed by atoms with E-state index in [2.05, 4.69) is 71.8 Å². The van der Waals surface area contributed by atoms with E-state index in [-0.39, 0.29) is 23.9 Å². The van der Waals surface area contributed by atoms with Crippen molar-refractivity contribution in [2.45, 2.75) is 64.0 Å². The van der Waals surface area contributed by atoms with Gasteiger partial charge in [-0.25, -0.2) is 0 Å². The maximum Gasteiger partial charge on any atom is 0.244 e. The van der Waals surface area contributed by atoms with Crippen LogP contribution >= 0.6 is 0 Å². The van der Waals surface area contributed by atoms with Gasteiger partial charge in [0.25, 0.3) is 0 Å². The van der Waals surface area contributed by atoms with Crippen molar-refractivity contribution >= 4 is 34.4 Å². The Kier molecular flexibility index (Phi) is 9.86. The first-order chi connectivity index (χ1) is 20.0. The Morgan fingerprint density at radius 3 is 2.49 bits per heavy atom. The molecule has 0 radical (unpaired) electrons. The van der Waals surface area contributed by atoms with E-state index < -0.39 is 0 Å². The third-order valence-corrected chi connectivity index (χ3v) is 8.48. The topological polar surface area (TPSA) is 64.7 Å².